The summed E-state index contributed by atoms with van der Waals surface area (Å²) in [6.07, 6.45) is -1.10. The average Bonchev–Trinajstić information content (AvgIpc) is 3.69. The number of nitrogens with one attached hydrogen (secondary N) is 5. The van der Waals surface area contributed by atoms with E-state index in [1.807, 2.05) is 18.2 Å². The van der Waals surface area contributed by atoms with Gasteiger partial charge in [-0.05, 0) is 89.1 Å². The maximum Gasteiger partial charge on any atom is 0.328 e. The second-order valence-corrected chi connectivity index (χ2v) is 14.8. The zero-order valence-electron chi connectivity index (χ0n) is 33.5. The lowest BCUT2D eigenvalue weighted by Gasteiger charge is -2.30. The van der Waals surface area contributed by atoms with Gasteiger partial charge in [0.1, 0.15) is 36.0 Å². The maximum atomic E-state index is 14.1. The summed E-state index contributed by atoms with van der Waals surface area (Å²) in [5, 5.41) is 52.1. The Morgan fingerprint density at radius 1 is 0.729 bits per heavy atom. The van der Waals surface area contributed by atoms with Gasteiger partial charge >= 0.3 is 5.97 Å². The minimum absolute atomic E-state index is 0.0463. The lowest BCUT2D eigenvalue weighted by atomic mass is 10.0. The van der Waals surface area contributed by atoms with Crippen LogP contribution in [0, 0.1) is 0 Å². The summed E-state index contributed by atoms with van der Waals surface area (Å²) in [5.74, 6) is -6.19. The summed E-state index contributed by atoms with van der Waals surface area (Å²) in [5.41, 5.74) is 13.1. The molecule has 0 bridgehead atoms. The van der Waals surface area contributed by atoms with E-state index < -0.39 is 95.9 Å². The number of hydrogen-bond acceptors (Lipinski definition) is 12. The van der Waals surface area contributed by atoms with Crippen molar-refractivity contribution in [2.75, 3.05) is 13.1 Å². The standard InChI is InChI=1S/C40H58N8O11/c1-22(43-38(56)32(23(2)49)46-36(54)29(12-7-8-18-41)44-35(53)28(42)20-25-10-5-4-6-11-25)34(52)45-30(21-26-14-16-27(51)17-15-26)39(57)48-19-9-13-31(48)37(55)47-33(24(3)50)40(58)59/h4-6,10-11,14-17,22-24,28-33,49-51H,7-9,12-13,18-21,41-42H2,1-3H3,(H,43,56)(H,44,53)(H,45,52)(H,46,54)(H,47,55)(H,58,59)/t22-,23+,24+,28-,29-,30-,31-,32-,33-/m0/s1. The number of nitrogens with two attached hydrogens (primary N) is 2. The van der Waals surface area contributed by atoms with E-state index in [1.54, 1.807) is 12.1 Å². The number of nitrogens with zero attached hydrogens (tertiary/aromatic N) is 1. The second kappa shape index (κ2) is 23.1. The van der Waals surface area contributed by atoms with Gasteiger partial charge in [0.05, 0.1) is 18.2 Å². The Morgan fingerprint density at radius 2 is 1.34 bits per heavy atom. The summed E-state index contributed by atoms with van der Waals surface area (Å²) in [6.45, 7) is 4.20. The Balaban J connectivity index is 1.74. The van der Waals surface area contributed by atoms with Gasteiger partial charge in [-0.1, -0.05) is 42.5 Å². The fourth-order valence-corrected chi connectivity index (χ4v) is 6.53. The first kappa shape index (κ1) is 47.7. The van der Waals surface area contributed by atoms with Crippen LogP contribution in [0.1, 0.15) is 64.0 Å². The highest BCUT2D eigenvalue weighted by atomic mass is 16.4. The van der Waals surface area contributed by atoms with Crippen molar-refractivity contribution in [3.63, 3.8) is 0 Å². The molecular weight excluding hydrogens is 768 g/mol. The summed E-state index contributed by atoms with van der Waals surface area (Å²) >= 11 is 0. The number of carboxylic acids is 1. The summed E-state index contributed by atoms with van der Waals surface area (Å²) in [4.78, 5) is 93.8. The number of carbonyl (C=O) groups is 7. The molecule has 2 aromatic carbocycles. The van der Waals surface area contributed by atoms with Gasteiger partial charge in [-0.2, -0.15) is 0 Å². The predicted octanol–water partition coefficient (Wildman–Crippen LogP) is -2.09. The fourth-order valence-electron chi connectivity index (χ4n) is 6.53. The van der Waals surface area contributed by atoms with Crippen LogP contribution in [0.2, 0.25) is 0 Å². The maximum absolute atomic E-state index is 14.1. The van der Waals surface area contributed by atoms with Crippen molar-refractivity contribution < 1.29 is 54.0 Å². The SMILES string of the molecule is C[C@H](NC(=O)[C@@H](NC(=O)[C@H](CCCCN)NC(=O)[C@@H](N)Cc1ccccc1)[C@@H](C)O)C(=O)N[C@@H](Cc1ccc(O)cc1)C(=O)N1CCC[C@H]1C(=O)N[C@H](C(=O)O)[C@@H](C)O. The number of aromatic hydroxyl groups is 1. The number of aliphatic carboxylic acids is 1. The predicted molar refractivity (Wildman–Crippen MR) is 214 cm³/mol. The van der Waals surface area contributed by atoms with E-state index in [0.29, 0.717) is 31.4 Å². The molecule has 1 aliphatic heterocycles. The summed E-state index contributed by atoms with van der Waals surface area (Å²) in [7, 11) is 0. The number of unbranched alkanes of at least 4 members (excludes halogenated alkanes) is 1. The van der Waals surface area contributed by atoms with Crippen LogP contribution in [0.25, 0.3) is 0 Å². The Kier molecular flexibility index (Phi) is 18.7. The Bertz CT molecular complexity index is 1740. The number of likely N-dealkylation sites (tertiary alicyclic amines) is 1. The molecular formula is C40H58N8O11. The van der Waals surface area contributed by atoms with E-state index in [4.69, 9.17) is 11.5 Å². The smallest absolute Gasteiger partial charge is 0.328 e. The Morgan fingerprint density at radius 3 is 1.93 bits per heavy atom. The third-order valence-electron chi connectivity index (χ3n) is 9.91. The first-order chi connectivity index (χ1) is 27.9. The van der Waals surface area contributed by atoms with Crippen molar-refractivity contribution in [2.24, 2.45) is 11.5 Å². The molecule has 0 spiro atoms. The number of rotatable bonds is 22. The van der Waals surface area contributed by atoms with E-state index in [0.717, 1.165) is 5.56 Å². The number of amides is 6. The molecule has 19 nitrogen and oxygen atoms in total. The number of phenolic OH excluding ortho intramolecular Hbond substituents is 1. The number of aliphatic hydroxyl groups is 2. The van der Waals surface area contributed by atoms with Crippen LogP contribution in [0.3, 0.4) is 0 Å². The van der Waals surface area contributed by atoms with E-state index in [1.165, 1.54) is 49.9 Å². The molecule has 2 aromatic rings. The Labute approximate surface area is 342 Å². The molecule has 1 aliphatic rings. The second-order valence-electron chi connectivity index (χ2n) is 14.8. The molecule has 13 N–H and O–H groups in total. The fraction of sp³-hybridized carbons (Fsp3) is 0.525. The summed E-state index contributed by atoms with van der Waals surface area (Å²) in [6, 6.07) is 5.76. The highest BCUT2D eigenvalue weighted by Gasteiger charge is 2.40. The number of benzene rings is 2. The first-order valence-corrected chi connectivity index (χ1v) is 19.6. The van der Waals surface area contributed by atoms with Crippen LogP contribution < -0.4 is 38.1 Å². The highest BCUT2D eigenvalue weighted by Crippen LogP contribution is 2.21. The third kappa shape index (κ3) is 14.6. The molecule has 0 unspecified atom stereocenters. The van der Waals surface area contributed by atoms with Crippen molar-refractivity contribution in [1.82, 2.24) is 31.5 Å². The molecule has 1 heterocycles. The average molecular weight is 827 g/mol. The van der Waals surface area contributed by atoms with Gasteiger partial charge in [-0.3, -0.25) is 28.8 Å². The van der Waals surface area contributed by atoms with Crippen molar-refractivity contribution >= 4 is 41.4 Å². The van der Waals surface area contributed by atoms with Crippen LogP contribution in [-0.4, -0.2) is 134 Å². The van der Waals surface area contributed by atoms with Crippen molar-refractivity contribution in [2.45, 2.75) is 120 Å². The van der Waals surface area contributed by atoms with Gasteiger partial charge in [0.2, 0.25) is 35.4 Å². The lowest BCUT2D eigenvalue weighted by molar-refractivity contribution is -0.147. The van der Waals surface area contributed by atoms with Crippen LogP contribution in [0.15, 0.2) is 54.6 Å². The lowest BCUT2D eigenvalue weighted by Crippen LogP contribution is -2.61. The van der Waals surface area contributed by atoms with E-state index in [-0.39, 0.29) is 38.0 Å². The largest absolute Gasteiger partial charge is 0.508 e. The highest BCUT2D eigenvalue weighted by molar-refractivity contribution is 5.97. The zero-order chi connectivity index (χ0) is 43.8. The number of phenols is 1. The van der Waals surface area contributed by atoms with Gasteiger partial charge in [-0.15, -0.1) is 0 Å². The minimum atomic E-state index is -1.63. The molecule has 3 rings (SSSR count). The van der Waals surface area contributed by atoms with Gasteiger partial charge < -0.3 is 63.4 Å². The molecule has 324 valence electrons. The van der Waals surface area contributed by atoms with E-state index >= 15 is 0 Å². The number of carboxylic acid groups (broad SMARTS) is 1. The number of carbonyl (C=O) groups excluding carboxylic acids is 6. The molecule has 59 heavy (non-hydrogen) atoms. The summed E-state index contributed by atoms with van der Waals surface area (Å²) < 4.78 is 0. The van der Waals surface area contributed by atoms with E-state index in [9.17, 15) is 54.0 Å². The van der Waals surface area contributed by atoms with Crippen molar-refractivity contribution in [3.05, 3.63) is 65.7 Å². The molecule has 6 amide bonds. The molecule has 1 saturated heterocycles. The van der Waals surface area contributed by atoms with E-state index in [2.05, 4.69) is 26.6 Å². The van der Waals surface area contributed by atoms with Crippen LogP contribution in [0.5, 0.6) is 5.75 Å². The van der Waals surface area contributed by atoms with Gasteiger partial charge in [0.15, 0.2) is 6.04 Å². The monoisotopic (exact) mass is 826 g/mol. The molecule has 0 radical (unpaired) electrons. The molecule has 0 aromatic heterocycles. The van der Waals surface area contributed by atoms with Crippen LogP contribution in [0.4, 0.5) is 0 Å². The van der Waals surface area contributed by atoms with Crippen LogP contribution >= 0.6 is 0 Å². The zero-order valence-corrected chi connectivity index (χ0v) is 33.5. The topological polar surface area (TPSA) is 316 Å². The number of aliphatic hydroxyl groups excluding tert-OH is 2. The first-order valence-electron chi connectivity index (χ1n) is 19.6. The van der Waals surface area contributed by atoms with Gasteiger partial charge in [0, 0.05) is 13.0 Å². The van der Waals surface area contributed by atoms with Crippen molar-refractivity contribution in [1.29, 1.82) is 0 Å². The molecule has 0 aliphatic carbocycles. The van der Waals surface area contributed by atoms with Crippen LogP contribution in [-0.2, 0) is 46.4 Å². The molecule has 1 fully saturated rings. The third-order valence-corrected chi connectivity index (χ3v) is 9.91. The normalized spacial score (nSPS) is 17.8. The molecule has 9 atom stereocenters. The van der Waals surface area contributed by atoms with Crippen molar-refractivity contribution in [3.8, 4) is 5.75 Å². The molecule has 19 heteroatoms. The minimum Gasteiger partial charge on any atom is -0.508 e. The number of hydrogen-bond donors (Lipinski definition) is 11. The van der Waals surface area contributed by atoms with Gasteiger partial charge in [-0.25, -0.2) is 4.79 Å². The molecule has 0 saturated carbocycles. The quantitative estimate of drug-likeness (QED) is 0.0569. The Hall–Kier alpha value is -5.63. The van der Waals surface area contributed by atoms with Gasteiger partial charge in [0.25, 0.3) is 0 Å².